The van der Waals surface area contributed by atoms with E-state index in [1.54, 1.807) is 0 Å². The van der Waals surface area contributed by atoms with Crippen LogP contribution in [0.2, 0.25) is 0 Å². The minimum Gasteiger partial charge on any atom is -0.368 e. The lowest BCUT2D eigenvalue weighted by atomic mass is 10.4. The van der Waals surface area contributed by atoms with Crippen LogP contribution in [0.5, 0.6) is 0 Å². The van der Waals surface area contributed by atoms with Crippen molar-refractivity contribution in [2.75, 3.05) is 6.16 Å². The van der Waals surface area contributed by atoms with Gasteiger partial charge < -0.3 is 10.3 Å². The average molecular weight is 117 g/mol. The molecule has 1 atom stereocenters. The third-order valence-electron chi connectivity index (χ3n) is 1.10. The fraction of sp³-hybridized carbons (Fsp3) is 0.750. The standard InChI is InChI=1S/C4H8NOP/c5-4-2-1-3-7(4)6/h5-6H,1-3H2. The van der Waals surface area contributed by atoms with Gasteiger partial charge in [-0.1, -0.05) is 0 Å². The molecular formula is C4H8NOP. The van der Waals surface area contributed by atoms with E-state index in [9.17, 15) is 0 Å². The first-order chi connectivity index (χ1) is 3.30. The van der Waals surface area contributed by atoms with Crippen LogP contribution in [0.15, 0.2) is 0 Å². The maximum absolute atomic E-state index is 8.84. The number of nitrogens with one attached hydrogen (secondary N) is 1. The molecule has 1 aliphatic heterocycles. The van der Waals surface area contributed by atoms with Crippen molar-refractivity contribution in [2.45, 2.75) is 12.8 Å². The van der Waals surface area contributed by atoms with Crippen molar-refractivity contribution in [3.63, 3.8) is 0 Å². The molecule has 7 heavy (non-hydrogen) atoms. The van der Waals surface area contributed by atoms with E-state index < -0.39 is 8.15 Å². The minimum absolute atomic E-state index is 0.579. The minimum atomic E-state index is -0.943. The Morgan fingerprint density at radius 1 is 1.71 bits per heavy atom. The molecule has 0 amide bonds. The van der Waals surface area contributed by atoms with E-state index in [2.05, 4.69) is 0 Å². The van der Waals surface area contributed by atoms with Crippen molar-refractivity contribution in [3.8, 4) is 0 Å². The summed E-state index contributed by atoms with van der Waals surface area (Å²) >= 11 is 0. The third-order valence-corrected chi connectivity index (χ3v) is 2.68. The first-order valence-electron chi connectivity index (χ1n) is 2.34. The normalized spacial score (nSPS) is 31.6. The molecule has 1 saturated heterocycles. The lowest BCUT2D eigenvalue weighted by Gasteiger charge is -1.94. The van der Waals surface area contributed by atoms with Crippen LogP contribution in [-0.4, -0.2) is 16.5 Å². The summed E-state index contributed by atoms with van der Waals surface area (Å²) in [4.78, 5) is 8.84. The van der Waals surface area contributed by atoms with Crippen LogP contribution < -0.4 is 0 Å². The van der Waals surface area contributed by atoms with E-state index in [1.807, 2.05) is 0 Å². The molecule has 40 valence electrons. The van der Waals surface area contributed by atoms with Gasteiger partial charge in [-0.05, 0) is 19.0 Å². The Labute approximate surface area is 43.9 Å². The molecular weight excluding hydrogens is 109 g/mol. The van der Waals surface area contributed by atoms with Gasteiger partial charge in [-0.15, -0.1) is 0 Å². The van der Waals surface area contributed by atoms with Gasteiger partial charge >= 0.3 is 0 Å². The fourth-order valence-electron chi connectivity index (χ4n) is 0.660. The van der Waals surface area contributed by atoms with E-state index >= 15 is 0 Å². The van der Waals surface area contributed by atoms with Crippen LogP contribution in [0.4, 0.5) is 0 Å². The summed E-state index contributed by atoms with van der Waals surface area (Å²) in [6.45, 7) is 0. The van der Waals surface area contributed by atoms with E-state index in [4.69, 9.17) is 10.3 Å². The highest BCUT2D eigenvalue weighted by atomic mass is 31.1. The van der Waals surface area contributed by atoms with Crippen molar-refractivity contribution in [1.29, 1.82) is 5.41 Å². The molecule has 1 rings (SSSR count). The number of hydrogen-bond donors (Lipinski definition) is 2. The summed E-state index contributed by atoms with van der Waals surface area (Å²) in [5.41, 5.74) is 0.579. The van der Waals surface area contributed by atoms with Gasteiger partial charge in [0, 0.05) is 0 Å². The molecule has 0 aromatic rings. The van der Waals surface area contributed by atoms with Crippen LogP contribution in [-0.2, 0) is 0 Å². The Morgan fingerprint density at radius 2 is 2.43 bits per heavy atom. The zero-order valence-electron chi connectivity index (χ0n) is 4.02. The fourth-order valence-corrected chi connectivity index (χ4v) is 1.80. The maximum atomic E-state index is 8.84. The molecule has 3 heteroatoms. The van der Waals surface area contributed by atoms with E-state index in [1.165, 1.54) is 0 Å². The maximum Gasteiger partial charge on any atom is 0.0702 e. The highest BCUT2D eigenvalue weighted by Crippen LogP contribution is 2.40. The predicted octanol–water partition coefficient (Wildman–Crippen LogP) is 1.15. The molecule has 0 aliphatic carbocycles. The monoisotopic (exact) mass is 117 g/mol. The van der Waals surface area contributed by atoms with E-state index in [0.29, 0.717) is 5.45 Å². The molecule has 0 aromatic carbocycles. The smallest absolute Gasteiger partial charge is 0.0702 e. The summed E-state index contributed by atoms with van der Waals surface area (Å²) in [7, 11) is -0.943. The van der Waals surface area contributed by atoms with Crippen molar-refractivity contribution in [1.82, 2.24) is 0 Å². The molecule has 1 heterocycles. The zero-order chi connectivity index (χ0) is 5.28. The van der Waals surface area contributed by atoms with Crippen molar-refractivity contribution >= 4 is 13.6 Å². The Kier molecular flexibility index (Phi) is 1.40. The SMILES string of the molecule is N=C1CCCP1O. The van der Waals surface area contributed by atoms with Crippen LogP contribution in [0, 0.1) is 5.41 Å². The molecule has 1 unspecified atom stereocenters. The first-order valence-corrected chi connectivity index (χ1v) is 3.82. The molecule has 0 radical (unpaired) electrons. The Morgan fingerprint density at radius 3 is 2.57 bits per heavy atom. The highest BCUT2D eigenvalue weighted by molar-refractivity contribution is 7.70. The average Bonchev–Trinajstić information content (AvgIpc) is 1.91. The second-order valence-corrected chi connectivity index (χ2v) is 3.46. The number of hydrogen-bond acceptors (Lipinski definition) is 2. The van der Waals surface area contributed by atoms with Gasteiger partial charge in [0.05, 0.1) is 13.6 Å². The first kappa shape index (κ1) is 5.20. The summed E-state index contributed by atoms with van der Waals surface area (Å²) in [6.07, 6.45) is 2.73. The number of rotatable bonds is 0. The van der Waals surface area contributed by atoms with Crippen LogP contribution in [0.1, 0.15) is 12.8 Å². The second kappa shape index (κ2) is 1.89. The van der Waals surface area contributed by atoms with Crippen LogP contribution in [0.3, 0.4) is 0 Å². The molecule has 0 spiro atoms. The van der Waals surface area contributed by atoms with Gasteiger partial charge in [-0.2, -0.15) is 0 Å². The molecule has 1 fully saturated rings. The topological polar surface area (TPSA) is 44.1 Å². The molecule has 1 aliphatic rings. The highest BCUT2D eigenvalue weighted by Gasteiger charge is 2.16. The Hall–Kier alpha value is 0.0600. The molecule has 0 saturated carbocycles. The molecule has 2 N–H and O–H groups in total. The summed E-state index contributed by atoms with van der Waals surface area (Å²) < 4.78 is 0. The third kappa shape index (κ3) is 0.987. The Balaban J connectivity index is 2.48. The zero-order valence-corrected chi connectivity index (χ0v) is 4.91. The Bertz CT molecular complexity index is 93.7. The predicted molar refractivity (Wildman–Crippen MR) is 31.0 cm³/mol. The van der Waals surface area contributed by atoms with Gasteiger partial charge in [-0.3, -0.25) is 0 Å². The van der Waals surface area contributed by atoms with Gasteiger partial charge in [0.1, 0.15) is 0 Å². The summed E-state index contributed by atoms with van der Waals surface area (Å²) in [5, 5.41) is 7.03. The van der Waals surface area contributed by atoms with E-state index in [-0.39, 0.29) is 0 Å². The van der Waals surface area contributed by atoms with E-state index in [0.717, 1.165) is 19.0 Å². The summed E-state index contributed by atoms with van der Waals surface area (Å²) in [5.74, 6) is 0. The molecule has 0 aromatic heterocycles. The van der Waals surface area contributed by atoms with Crippen LogP contribution >= 0.6 is 8.15 Å². The van der Waals surface area contributed by atoms with Crippen molar-refractivity contribution in [2.24, 2.45) is 0 Å². The molecule has 0 bridgehead atoms. The van der Waals surface area contributed by atoms with Gasteiger partial charge in [0.2, 0.25) is 0 Å². The van der Waals surface area contributed by atoms with Gasteiger partial charge in [0.25, 0.3) is 0 Å². The lowest BCUT2D eigenvalue weighted by Crippen LogP contribution is -1.80. The van der Waals surface area contributed by atoms with Gasteiger partial charge in [-0.25, -0.2) is 0 Å². The second-order valence-electron chi connectivity index (χ2n) is 1.67. The quantitative estimate of drug-likeness (QED) is 0.459. The molecule has 2 nitrogen and oxygen atoms in total. The van der Waals surface area contributed by atoms with Gasteiger partial charge in [0.15, 0.2) is 0 Å². The van der Waals surface area contributed by atoms with Crippen LogP contribution in [0.25, 0.3) is 0 Å². The summed E-state index contributed by atoms with van der Waals surface area (Å²) in [6, 6.07) is 0. The lowest BCUT2D eigenvalue weighted by molar-refractivity contribution is 0.638. The van der Waals surface area contributed by atoms with Crippen molar-refractivity contribution < 1.29 is 4.89 Å². The van der Waals surface area contributed by atoms with Crippen molar-refractivity contribution in [3.05, 3.63) is 0 Å². The largest absolute Gasteiger partial charge is 0.368 e.